The number of hydrogen-bond donors (Lipinski definition) is 0. The number of pyridine rings is 1. The van der Waals surface area contributed by atoms with Crippen LogP contribution in [-0.2, 0) is 11.3 Å². The normalized spacial score (nSPS) is 10.5. The van der Waals surface area contributed by atoms with Crippen LogP contribution in [0.1, 0.15) is 15.9 Å². The van der Waals surface area contributed by atoms with E-state index < -0.39 is 5.97 Å². The number of fused-ring (bicyclic) bond motifs is 1. The Kier molecular flexibility index (Phi) is 3.84. The second-order valence-electron chi connectivity index (χ2n) is 4.57. The fourth-order valence-electron chi connectivity index (χ4n) is 2.12. The van der Waals surface area contributed by atoms with Gasteiger partial charge in [0.1, 0.15) is 11.8 Å². The first-order valence-electron chi connectivity index (χ1n) is 6.50. The standard InChI is InChI=1S/C17H12ClNO2/c18-16-14-9-5-4-8-13(14)15(10-19-16)17(20)21-11-12-6-2-1-3-7-12/h1-10H,11H2. The summed E-state index contributed by atoms with van der Waals surface area (Å²) in [5.74, 6) is -0.404. The van der Waals surface area contributed by atoms with Gasteiger partial charge in [0.05, 0.1) is 5.56 Å². The van der Waals surface area contributed by atoms with E-state index >= 15 is 0 Å². The first-order chi connectivity index (χ1) is 10.3. The average Bonchev–Trinajstić information content (AvgIpc) is 2.54. The van der Waals surface area contributed by atoms with Crippen LogP contribution in [0.2, 0.25) is 5.15 Å². The summed E-state index contributed by atoms with van der Waals surface area (Å²) in [5, 5.41) is 1.87. The van der Waals surface area contributed by atoms with E-state index in [1.807, 2.05) is 54.6 Å². The number of aromatic nitrogens is 1. The molecular weight excluding hydrogens is 286 g/mol. The molecule has 0 aliphatic carbocycles. The molecule has 21 heavy (non-hydrogen) atoms. The molecule has 1 aromatic heterocycles. The number of nitrogens with zero attached hydrogens (tertiary/aromatic N) is 1. The lowest BCUT2D eigenvalue weighted by Crippen LogP contribution is -2.06. The predicted molar refractivity (Wildman–Crippen MR) is 82.3 cm³/mol. The minimum atomic E-state index is -0.404. The van der Waals surface area contributed by atoms with Gasteiger partial charge in [-0.3, -0.25) is 0 Å². The zero-order valence-corrected chi connectivity index (χ0v) is 11.9. The highest BCUT2D eigenvalue weighted by Gasteiger charge is 2.14. The van der Waals surface area contributed by atoms with Gasteiger partial charge in [-0.1, -0.05) is 66.2 Å². The molecule has 0 saturated heterocycles. The average molecular weight is 298 g/mol. The van der Waals surface area contributed by atoms with E-state index in [9.17, 15) is 4.79 Å². The Balaban J connectivity index is 1.87. The highest BCUT2D eigenvalue weighted by molar-refractivity contribution is 6.34. The van der Waals surface area contributed by atoms with Crippen molar-refractivity contribution in [1.82, 2.24) is 4.98 Å². The zero-order valence-electron chi connectivity index (χ0n) is 11.1. The zero-order chi connectivity index (χ0) is 14.7. The van der Waals surface area contributed by atoms with Crippen molar-refractivity contribution in [2.45, 2.75) is 6.61 Å². The van der Waals surface area contributed by atoms with Crippen LogP contribution in [0.3, 0.4) is 0 Å². The third kappa shape index (κ3) is 2.88. The maximum atomic E-state index is 12.2. The van der Waals surface area contributed by atoms with Crippen molar-refractivity contribution in [3.05, 3.63) is 77.1 Å². The molecule has 3 nitrogen and oxygen atoms in total. The van der Waals surface area contributed by atoms with Gasteiger partial charge in [-0.25, -0.2) is 9.78 Å². The molecular formula is C17H12ClNO2. The van der Waals surface area contributed by atoms with Crippen molar-refractivity contribution < 1.29 is 9.53 Å². The Morgan fingerprint density at radius 3 is 2.43 bits per heavy atom. The van der Waals surface area contributed by atoms with E-state index in [1.165, 1.54) is 6.20 Å². The Morgan fingerprint density at radius 1 is 1.00 bits per heavy atom. The van der Waals surface area contributed by atoms with E-state index in [4.69, 9.17) is 16.3 Å². The smallest absolute Gasteiger partial charge is 0.340 e. The minimum Gasteiger partial charge on any atom is -0.457 e. The van der Waals surface area contributed by atoms with Crippen LogP contribution in [0.5, 0.6) is 0 Å². The molecule has 1 heterocycles. The van der Waals surface area contributed by atoms with Gasteiger partial charge < -0.3 is 4.74 Å². The third-order valence-electron chi connectivity index (χ3n) is 3.18. The highest BCUT2D eigenvalue weighted by atomic mass is 35.5. The van der Waals surface area contributed by atoms with Crippen molar-refractivity contribution in [2.24, 2.45) is 0 Å². The summed E-state index contributed by atoms with van der Waals surface area (Å²) in [6.07, 6.45) is 1.46. The molecule has 3 aromatic rings. The summed E-state index contributed by atoms with van der Waals surface area (Å²) in [5.41, 5.74) is 1.36. The molecule has 0 bridgehead atoms. The van der Waals surface area contributed by atoms with Crippen molar-refractivity contribution >= 4 is 28.3 Å². The van der Waals surface area contributed by atoms with Crippen LogP contribution in [0, 0.1) is 0 Å². The lowest BCUT2D eigenvalue weighted by molar-refractivity contribution is 0.0474. The van der Waals surface area contributed by atoms with Crippen molar-refractivity contribution in [1.29, 1.82) is 0 Å². The number of hydrogen-bond acceptors (Lipinski definition) is 3. The van der Waals surface area contributed by atoms with Gasteiger partial charge >= 0.3 is 5.97 Å². The number of carbonyl (C=O) groups is 1. The van der Waals surface area contributed by atoms with Gasteiger partial charge in [-0.15, -0.1) is 0 Å². The van der Waals surface area contributed by atoms with Crippen LogP contribution < -0.4 is 0 Å². The SMILES string of the molecule is O=C(OCc1ccccc1)c1cnc(Cl)c2ccccc12. The summed E-state index contributed by atoms with van der Waals surface area (Å²) in [6, 6.07) is 16.9. The monoisotopic (exact) mass is 297 g/mol. The van der Waals surface area contributed by atoms with Crippen LogP contribution in [-0.4, -0.2) is 11.0 Å². The lowest BCUT2D eigenvalue weighted by atomic mass is 10.1. The summed E-state index contributed by atoms with van der Waals surface area (Å²) in [6.45, 7) is 0.233. The van der Waals surface area contributed by atoms with Gasteiger partial charge in [0.2, 0.25) is 0 Å². The van der Waals surface area contributed by atoms with Gasteiger partial charge in [0.25, 0.3) is 0 Å². The van der Waals surface area contributed by atoms with Crippen molar-refractivity contribution in [2.75, 3.05) is 0 Å². The van der Waals surface area contributed by atoms with Gasteiger partial charge in [0.15, 0.2) is 0 Å². The summed E-state index contributed by atoms with van der Waals surface area (Å²) < 4.78 is 5.34. The Bertz CT molecular complexity index is 787. The van der Waals surface area contributed by atoms with Crippen LogP contribution >= 0.6 is 11.6 Å². The molecule has 0 saturated carbocycles. The molecule has 0 atom stereocenters. The van der Waals surface area contributed by atoms with E-state index in [0.29, 0.717) is 10.7 Å². The number of esters is 1. The van der Waals surface area contributed by atoms with E-state index in [-0.39, 0.29) is 6.61 Å². The molecule has 0 amide bonds. The fraction of sp³-hybridized carbons (Fsp3) is 0.0588. The Morgan fingerprint density at radius 2 is 1.67 bits per heavy atom. The number of ether oxygens (including phenoxy) is 1. The van der Waals surface area contributed by atoms with E-state index in [1.54, 1.807) is 0 Å². The molecule has 2 aromatic carbocycles. The van der Waals surface area contributed by atoms with Gasteiger partial charge in [-0.05, 0) is 5.56 Å². The second kappa shape index (κ2) is 5.94. The van der Waals surface area contributed by atoms with E-state index in [0.717, 1.165) is 16.3 Å². The number of halogens is 1. The molecule has 0 spiro atoms. The first kappa shape index (κ1) is 13.6. The predicted octanol–water partition coefficient (Wildman–Crippen LogP) is 4.25. The molecule has 4 heteroatoms. The molecule has 0 unspecified atom stereocenters. The first-order valence-corrected chi connectivity index (χ1v) is 6.88. The third-order valence-corrected chi connectivity index (χ3v) is 3.48. The lowest BCUT2D eigenvalue weighted by Gasteiger charge is -2.08. The maximum absolute atomic E-state index is 12.2. The van der Waals surface area contributed by atoms with Gasteiger partial charge in [0, 0.05) is 17.0 Å². The summed E-state index contributed by atoms with van der Waals surface area (Å²) in [7, 11) is 0. The number of benzene rings is 2. The topological polar surface area (TPSA) is 39.2 Å². The molecule has 3 rings (SSSR count). The highest BCUT2D eigenvalue weighted by Crippen LogP contribution is 2.24. The number of carbonyl (C=O) groups excluding carboxylic acids is 1. The molecule has 0 fully saturated rings. The summed E-state index contributed by atoms with van der Waals surface area (Å²) in [4.78, 5) is 16.3. The van der Waals surface area contributed by atoms with Crippen molar-refractivity contribution in [3.8, 4) is 0 Å². The minimum absolute atomic E-state index is 0.233. The fourth-order valence-corrected chi connectivity index (χ4v) is 2.34. The molecule has 104 valence electrons. The van der Waals surface area contributed by atoms with Crippen molar-refractivity contribution in [3.63, 3.8) is 0 Å². The largest absolute Gasteiger partial charge is 0.457 e. The Hall–Kier alpha value is -2.39. The number of rotatable bonds is 3. The maximum Gasteiger partial charge on any atom is 0.340 e. The second-order valence-corrected chi connectivity index (χ2v) is 4.93. The van der Waals surface area contributed by atoms with Crippen LogP contribution in [0.25, 0.3) is 10.8 Å². The molecule has 0 N–H and O–H groups in total. The molecule has 0 radical (unpaired) electrons. The quantitative estimate of drug-likeness (QED) is 0.536. The van der Waals surface area contributed by atoms with E-state index in [2.05, 4.69) is 4.98 Å². The summed E-state index contributed by atoms with van der Waals surface area (Å²) >= 11 is 6.04. The Labute approximate surface area is 127 Å². The molecule has 0 aliphatic rings. The van der Waals surface area contributed by atoms with Gasteiger partial charge in [-0.2, -0.15) is 0 Å². The van der Waals surface area contributed by atoms with Crippen LogP contribution in [0.15, 0.2) is 60.8 Å². The van der Waals surface area contributed by atoms with Crippen LogP contribution in [0.4, 0.5) is 0 Å². The molecule has 0 aliphatic heterocycles.